The number of nitrogens with zero attached hydrogens (tertiary/aromatic N) is 1. The van der Waals surface area contributed by atoms with E-state index in [-0.39, 0.29) is 0 Å². The maximum absolute atomic E-state index is 9.00. The van der Waals surface area contributed by atoms with Crippen molar-refractivity contribution in [3.05, 3.63) is 30.3 Å². The summed E-state index contributed by atoms with van der Waals surface area (Å²) in [7, 11) is 0. The number of para-hydroxylation sites is 1. The Morgan fingerprint density at radius 3 is 2.06 bits per heavy atom. The number of carboxylic acids is 1. The molecule has 4 nitrogen and oxygen atoms in total. The molecule has 1 aromatic carbocycles. The molecule has 0 atom stereocenters. The van der Waals surface area contributed by atoms with Gasteiger partial charge in [-0.05, 0) is 12.1 Å². The number of hydroxylamine groups is 2. The van der Waals surface area contributed by atoms with Crippen LogP contribution in [0.1, 0.15) is 6.92 Å². The van der Waals surface area contributed by atoms with Crippen molar-refractivity contribution < 1.29 is 14.7 Å². The van der Waals surface area contributed by atoms with Crippen molar-refractivity contribution in [2.75, 3.05) is 24.8 Å². The van der Waals surface area contributed by atoms with E-state index in [1.54, 1.807) is 5.06 Å². The number of aliphatic carboxylic acids is 1. The Hall–Kier alpha value is -0.970. The molecule has 0 radical (unpaired) electrons. The van der Waals surface area contributed by atoms with Crippen LogP contribution in [0.2, 0.25) is 0 Å². The molecule has 6 heteroatoms. The molecule has 0 amide bonds. The largest absolute Gasteiger partial charge is 0.481 e. The van der Waals surface area contributed by atoms with Gasteiger partial charge < -0.3 is 9.94 Å². The highest BCUT2D eigenvalue weighted by Crippen LogP contribution is 2.10. The lowest BCUT2D eigenvalue weighted by atomic mass is 10.3. The van der Waals surface area contributed by atoms with Gasteiger partial charge >= 0.3 is 0 Å². The summed E-state index contributed by atoms with van der Waals surface area (Å²) < 4.78 is 0. The van der Waals surface area contributed by atoms with Crippen molar-refractivity contribution in [3.63, 3.8) is 0 Å². The van der Waals surface area contributed by atoms with Crippen LogP contribution in [-0.2, 0) is 4.79 Å². The second kappa shape index (κ2) is 11.1. The lowest BCUT2D eigenvalue weighted by molar-refractivity contribution is -0.134. The number of carboxylic acid groups (broad SMARTS) is 1. The van der Waals surface area contributed by atoms with Gasteiger partial charge in [-0.2, -0.15) is 0 Å². The third-order valence-electron chi connectivity index (χ3n) is 1.65. The average Bonchev–Trinajstić information content (AvgIpc) is 2.30. The van der Waals surface area contributed by atoms with E-state index in [0.29, 0.717) is 24.8 Å². The molecule has 0 heterocycles. The zero-order valence-corrected chi connectivity index (χ0v) is 11.7. The first-order chi connectivity index (χ1) is 8.60. The number of carbonyl (C=O) groups is 1. The Labute approximate surface area is 117 Å². The molecule has 1 N–H and O–H groups in total. The maximum atomic E-state index is 9.00. The van der Waals surface area contributed by atoms with Gasteiger partial charge in [0.15, 0.2) is 0 Å². The minimum absolute atomic E-state index is 0.531. The van der Waals surface area contributed by atoms with E-state index in [1.165, 1.54) is 0 Å². The lowest BCUT2D eigenvalue weighted by Crippen LogP contribution is -2.31. The van der Waals surface area contributed by atoms with E-state index >= 15 is 0 Å². The van der Waals surface area contributed by atoms with Gasteiger partial charge in [-0.25, -0.2) is 0 Å². The molecule has 0 aliphatic carbocycles. The second-order valence-electron chi connectivity index (χ2n) is 3.23. The van der Waals surface area contributed by atoms with Crippen LogP contribution in [0.3, 0.4) is 0 Å². The first-order valence-corrected chi connectivity index (χ1v) is 6.46. The Morgan fingerprint density at radius 2 is 1.67 bits per heavy atom. The summed E-state index contributed by atoms with van der Waals surface area (Å²) in [6.45, 7) is 2.42. The molecule has 1 aromatic rings. The van der Waals surface area contributed by atoms with E-state index in [9.17, 15) is 0 Å². The summed E-state index contributed by atoms with van der Waals surface area (Å²) in [5.41, 5.74) is 0. The fourth-order valence-corrected chi connectivity index (χ4v) is 1.40. The SMILES string of the molecule is CC(=O)O.ClCCN(CCCl)Oc1ccccc1. The van der Waals surface area contributed by atoms with Crippen LogP contribution in [-0.4, -0.2) is 41.0 Å². The van der Waals surface area contributed by atoms with Gasteiger partial charge in [0.05, 0.1) is 0 Å². The summed E-state index contributed by atoms with van der Waals surface area (Å²) in [5, 5.41) is 9.18. The van der Waals surface area contributed by atoms with Crippen LogP contribution in [0.25, 0.3) is 0 Å². The second-order valence-corrected chi connectivity index (χ2v) is 3.99. The summed E-state index contributed by atoms with van der Waals surface area (Å²) in [4.78, 5) is 14.6. The van der Waals surface area contributed by atoms with E-state index in [0.717, 1.165) is 12.7 Å². The molecule has 0 fully saturated rings. The molecule has 0 aliphatic rings. The Balaban J connectivity index is 0.000000631. The van der Waals surface area contributed by atoms with E-state index in [4.69, 9.17) is 37.9 Å². The molecule has 0 bridgehead atoms. The minimum Gasteiger partial charge on any atom is -0.481 e. The Kier molecular flexibility index (Phi) is 10.5. The molecule has 102 valence electrons. The van der Waals surface area contributed by atoms with Gasteiger partial charge in [-0.3, -0.25) is 4.79 Å². The van der Waals surface area contributed by atoms with Gasteiger partial charge in [0.25, 0.3) is 5.97 Å². The van der Waals surface area contributed by atoms with Gasteiger partial charge in [-0.1, -0.05) is 18.2 Å². The predicted octanol–water partition coefficient (Wildman–Crippen LogP) is 2.85. The van der Waals surface area contributed by atoms with Gasteiger partial charge in [-0.15, -0.1) is 28.3 Å². The van der Waals surface area contributed by atoms with Gasteiger partial charge in [0.1, 0.15) is 5.75 Å². The standard InChI is InChI=1S/C10H13Cl2NO.C2H4O2/c11-6-8-13(9-7-12)14-10-4-2-1-3-5-10;1-2(3)4/h1-5H,6-9H2;1H3,(H,3,4). The highest BCUT2D eigenvalue weighted by atomic mass is 35.5. The summed E-state index contributed by atoms with van der Waals surface area (Å²) in [6, 6.07) is 9.59. The number of alkyl halides is 2. The predicted molar refractivity (Wildman–Crippen MR) is 73.4 cm³/mol. The third-order valence-corrected chi connectivity index (χ3v) is 1.98. The molecule has 0 saturated heterocycles. The highest BCUT2D eigenvalue weighted by molar-refractivity contribution is 6.18. The summed E-state index contributed by atoms with van der Waals surface area (Å²) in [5.74, 6) is 1.04. The zero-order chi connectivity index (χ0) is 13.8. The van der Waals surface area contributed by atoms with E-state index < -0.39 is 5.97 Å². The van der Waals surface area contributed by atoms with E-state index in [1.807, 2.05) is 30.3 Å². The van der Waals surface area contributed by atoms with Crippen LogP contribution in [0, 0.1) is 0 Å². The van der Waals surface area contributed by atoms with Crippen molar-refractivity contribution in [1.29, 1.82) is 0 Å². The highest BCUT2D eigenvalue weighted by Gasteiger charge is 2.04. The van der Waals surface area contributed by atoms with Gasteiger partial charge in [0, 0.05) is 31.8 Å². The van der Waals surface area contributed by atoms with Crippen molar-refractivity contribution in [3.8, 4) is 5.75 Å². The average molecular weight is 294 g/mol. The zero-order valence-electron chi connectivity index (χ0n) is 10.2. The van der Waals surface area contributed by atoms with Crippen LogP contribution in [0.15, 0.2) is 30.3 Å². The number of hydrogen-bond acceptors (Lipinski definition) is 3. The van der Waals surface area contributed by atoms with Crippen molar-refractivity contribution in [2.24, 2.45) is 0 Å². The third kappa shape index (κ3) is 10.2. The molecule has 0 spiro atoms. The molecule has 1 rings (SSSR count). The smallest absolute Gasteiger partial charge is 0.300 e. The maximum Gasteiger partial charge on any atom is 0.300 e. The van der Waals surface area contributed by atoms with Crippen LogP contribution < -0.4 is 4.84 Å². The quantitative estimate of drug-likeness (QED) is 0.647. The first-order valence-electron chi connectivity index (χ1n) is 5.39. The number of benzene rings is 1. The van der Waals surface area contributed by atoms with Crippen LogP contribution >= 0.6 is 23.2 Å². The molecule has 0 unspecified atom stereocenters. The Morgan fingerprint density at radius 1 is 1.22 bits per heavy atom. The fourth-order valence-electron chi connectivity index (χ4n) is 1.02. The van der Waals surface area contributed by atoms with Crippen molar-refractivity contribution in [1.82, 2.24) is 5.06 Å². The molecule has 18 heavy (non-hydrogen) atoms. The van der Waals surface area contributed by atoms with Crippen molar-refractivity contribution >= 4 is 29.2 Å². The normalized spacial score (nSPS) is 9.56. The summed E-state index contributed by atoms with van der Waals surface area (Å²) in [6.07, 6.45) is 0. The van der Waals surface area contributed by atoms with Gasteiger partial charge in [0.2, 0.25) is 0 Å². The van der Waals surface area contributed by atoms with Crippen molar-refractivity contribution in [2.45, 2.75) is 6.92 Å². The monoisotopic (exact) mass is 293 g/mol. The molecule has 0 aromatic heterocycles. The molecular formula is C12H17Cl2NO3. The minimum atomic E-state index is -0.833. The number of hydrogen-bond donors (Lipinski definition) is 1. The molecular weight excluding hydrogens is 277 g/mol. The van der Waals surface area contributed by atoms with Crippen LogP contribution in [0.5, 0.6) is 5.75 Å². The number of rotatable bonds is 6. The van der Waals surface area contributed by atoms with E-state index in [2.05, 4.69) is 0 Å². The first kappa shape index (κ1) is 17.0. The number of halogens is 2. The molecule has 0 aliphatic heterocycles. The summed E-state index contributed by atoms with van der Waals surface area (Å²) >= 11 is 11.3. The fraction of sp³-hybridized carbons (Fsp3) is 0.417. The lowest BCUT2D eigenvalue weighted by Gasteiger charge is -2.20. The molecule has 0 saturated carbocycles. The van der Waals surface area contributed by atoms with Crippen LogP contribution in [0.4, 0.5) is 0 Å². The Bertz CT molecular complexity index is 312. The topological polar surface area (TPSA) is 49.8 Å².